The molecule has 1 amide bonds. The van der Waals surface area contributed by atoms with E-state index in [1.807, 2.05) is 24.3 Å². The highest BCUT2D eigenvalue weighted by Gasteiger charge is 2.27. The first-order chi connectivity index (χ1) is 13.7. The van der Waals surface area contributed by atoms with Gasteiger partial charge in [0.05, 0.1) is 13.5 Å². The summed E-state index contributed by atoms with van der Waals surface area (Å²) < 4.78 is 15.5. The minimum atomic E-state index is -0.187. The molecule has 1 unspecified atom stereocenters. The fourth-order valence-corrected chi connectivity index (χ4v) is 3.33. The molecule has 146 valence electrons. The van der Waals surface area contributed by atoms with Crippen LogP contribution in [0.3, 0.4) is 0 Å². The molecular formula is C19H21N5O4. The Hall–Kier alpha value is -3.20. The molecular weight excluding hydrogens is 362 g/mol. The molecule has 1 atom stereocenters. The quantitative estimate of drug-likeness (QED) is 0.664. The van der Waals surface area contributed by atoms with E-state index in [-0.39, 0.29) is 18.4 Å². The van der Waals surface area contributed by atoms with Gasteiger partial charge in [-0.25, -0.2) is 4.98 Å². The molecule has 9 heteroatoms. The smallest absolute Gasteiger partial charge is 0.271 e. The summed E-state index contributed by atoms with van der Waals surface area (Å²) in [5, 5.41) is 6.79. The standard InChI is InChI=1S/C19H21N5O4/c1-26-10-16-22-17(28-24-16)8-15-21-14-7-12(9-20-19(25)18(14)23-15)11-4-3-5-13(6-11)27-2/h3-6,12H,7-10H2,1-2H3,(H,20,25)(H,21,23). The molecule has 1 aliphatic heterocycles. The van der Waals surface area contributed by atoms with E-state index >= 15 is 0 Å². The third-order valence-electron chi connectivity index (χ3n) is 4.67. The van der Waals surface area contributed by atoms with Crippen LogP contribution in [0, 0.1) is 0 Å². The summed E-state index contributed by atoms with van der Waals surface area (Å²) in [4.78, 5) is 24.4. The first-order valence-electron chi connectivity index (χ1n) is 8.96. The minimum Gasteiger partial charge on any atom is -0.497 e. The number of amides is 1. The SMILES string of the molecule is COCc1noc(Cc2nc3c([nH]2)CC(c2cccc(OC)c2)CNC3=O)n1. The van der Waals surface area contributed by atoms with E-state index in [1.54, 1.807) is 14.2 Å². The number of aromatic nitrogens is 4. The maximum atomic E-state index is 12.5. The Labute approximate surface area is 161 Å². The molecule has 0 saturated heterocycles. The van der Waals surface area contributed by atoms with Crippen LogP contribution in [0.25, 0.3) is 0 Å². The Morgan fingerprint density at radius 2 is 2.18 bits per heavy atom. The highest BCUT2D eigenvalue weighted by Crippen LogP contribution is 2.27. The predicted octanol–water partition coefficient (Wildman–Crippen LogP) is 1.61. The number of nitrogens with one attached hydrogen (secondary N) is 2. The lowest BCUT2D eigenvalue weighted by molar-refractivity contribution is 0.0950. The summed E-state index contributed by atoms with van der Waals surface area (Å²) in [6.07, 6.45) is 0.980. The molecule has 1 aliphatic rings. The molecule has 9 nitrogen and oxygen atoms in total. The average molecular weight is 383 g/mol. The summed E-state index contributed by atoms with van der Waals surface area (Å²) in [6, 6.07) is 7.89. The lowest BCUT2D eigenvalue weighted by atomic mass is 9.94. The van der Waals surface area contributed by atoms with Gasteiger partial charge in [0, 0.05) is 25.3 Å². The maximum Gasteiger partial charge on any atom is 0.271 e. The fourth-order valence-electron chi connectivity index (χ4n) is 3.33. The van der Waals surface area contributed by atoms with Gasteiger partial charge in [-0.1, -0.05) is 17.3 Å². The number of aromatic amines is 1. The number of benzene rings is 1. The first kappa shape index (κ1) is 18.2. The first-order valence-corrected chi connectivity index (χ1v) is 8.96. The summed E-state index contributed by atoms with van der Waals surface area (Å²) in [7, 11) is 3.21. The number of ether oxygens (including phenoxy) is 2. The number of H-pyrrole nitrogens is 1. The van der Waals surface area contributed by atoms with Crippen molar-refractivity contribution in [2.45, 2.75) is 25.4 Å². The Morgan fingerprint density at radius 1 is 1.29 bits per heavy atom. The fraction of sp³-hybridized carbons (Fsp3) is 0.368. The lowest BCUT2D eigenvalue weighted by Crippen LogP contribution is -2.26. The van der Waals surface area contributed by atoms with E-state index in [9.17, 15) is 4.79 Å². The Bertz CT molecular complexity index is 980. The van der Waals surface area contributed by atoms with Crippen LogP contribution in [0.5, 0.6) is 5.75 Å². The van der Waals surface area contributed by atoms with Crippen LogP contribution >= 0.6 is 0 Å². The number of carbonyl (C=O) groups excluding carboxylic acids is 1. The van der Waals surface area contributed by atoms with Gasteiger partial charge >= 0.3 is 0 Å². The third kappa shape index (κ3) is 3.74. The van der Waals surface area contributed by atoms with E-state index in [1.165, 1.54) is 0 Å². The van der Waals surface area contributed by atoms with Gasteiger partial charge in [-0.15, -0.1) is 0 Å². The van der Waals surface area contributed by atoms with Crippen LogP contribution in [-0.2, 0) is 24.2 Å². The molecule has 0 fully saturated rings. The molecule has 0 radical (unpaired) electrons. The van der Waals surface area contributed by atoms with E-state index in [0.717, 1.165) is 17.0 Å². The number of rotatable bonds is 6. The van der Waals surface area contributed by atoms with Crippen LogP contribution in [-0.4, -0.2) is 46.8 Å². The van der Waals surface area contributed by atoms with E-state index in [4.69, 9.17) is 14.0 Å². The topological polar surface area (TPSA) is 115 Å². The monoisotopic (exact) mass is 383 g/mol. The number of fused-ring (bicyclic) bond motifs is 1. The molecule has 0 saturated carbocycles. The molecule has 3 heterocycles. The van der Waals surface area contributed by atoms with Crippen molar-refractivity contribution in [2.75, 3.05) is 20.8 Å². The number of imidazole rings is 1. The van der Waals surface area contributed by atoms with Crippen molar-refractivity contribution >= 4 is 5.91 Å². The summed E-state index contributed by atoms with van der Waals surface area (Å²) in [5.41, 5.74) is 2.32. The van der Waals surface area contributed by atoms with Gasteiger partial charge in [0.25, 0.3) is 5.91 Å². The van der Waals surface area contributed by atoms with Crippen molar-refractivity contribution in [3.63, 3.8) is 0 Å². The number of carbonyl (C=O) groups is 1. The second-order valence-corrected chi connectivity index (χ2v) is 6.61. The molecule has 1 aromatic carbocycles. The van der Waals surface area contributed by atoms with Crippen molar-refractivity contribution in [1.82, 2.24) is 25.4 Å². The Balaban J connectivity index is 1.56. The number of nitrogens with zero attached hydrogens (tertiary/aromatic N) is 3. The average Bonchev–Trinajstić information content (AvgIpc) is 3.28. The Kier molecular flexibility index (Phi) is 5.07. The molecule has 3 aromatic rings. The zero-order valence-electron chi connectivity index (χ0n) is 15.7. The van der Waals surface area contributed by atoms with Crippen molar-refractivity contribution in [3.8, 4) is 5.75 Å². The minimum absolute atomic E-state index is 0.116. The van der Waals surface area contributed by atoms with E-state index in [2.05, 4.69) is 25.4 Å². The number of methoxy groups -OCH3 is 2. The van der Waals surface area contributed by atoms with Crippen molar-refractivity contribution < 1.29 is 18.8 Å². The molecule has 0 bridgehead atoms. The second-order valence-electron chi connectivity index (χ2n) is 6.61. The van der Waals surface area contributed by atoms with Gasteiger partial charge in [-0.2, -0.15) is 4.98 Å². The van der Waals surface area contributed by atoms with Crippen LogP contribution in [0.2, 0.25) is 0 Å². The van der Waals surface area contributed by atoms with E-state index in [0.29, 0.717) is 42.6 Å². The zero-order valence-corrected chi connectivity index (χ0v) is 15.7. The van der Waals surface area contributed by atoms with Crippen LogP contribution in [0.4, 0.5) is 0 Å². The van der Waals surface area contributed by atoms with Crippen LogP contribution < -0.4 is 10.1 Å². The largest absolute Gasteiger partial charge is 0.497 e. The molecule has 0 spiro atoms. The van der Waals surface area contributed by atoms with Gasteiger partial charge in [0.2, 0.25) is 5.89 Å². The summed E-state index contributed by atoms with van der Waals surface area (Å²) in [5.74, 6) is 2.22. The van der Waals surface area contributed by atoms with Crippen molar-refractivity contribution in [3.05, 3.63) is 58.8 Å². The maximum absolute atomic E-state index is 12.5. The zero-order chi connectivity index (χ0) is 19.5. The summed E-state index contributed by atoms with van der Waals surface area (Å²) >= 11 is 0. The molecule has 2 aromatic heterocycles. The van der Waals surface area contributed by atoms with Gasteiger partial charge in [-0.3, -0.25) is 4.79 Å². The second kappa shape index (κ2) is 7.81. The predicted molar refractivity (Wildman–Crippen MR) is 98.2 cm³/mol. The summed E-state index contributed by atoms with van der Waals surface area (Å²) in [6.45, 7) is 0.818. The van der Waals surface area contributed by atoms with Gasteiger partial charge in [0.15, 0.2) is 5.82 Å². The number of hydrogen-bond donors (Lipinski definition) is 2. The molecule has 0 aliphatic carbocycles. The lowest BCUT2D eigenvalue weighted by Gasteiger charge is -2.15. The van der Waals surface area contributed by atoms with Gasteiger partial charge in [0.1, 0.15) is 23.9 Å². The highest BCUT2D eigenvalue weighted by atomic mass is 16.5. The van der Waals surface area contributed by atoms with E-state index < -0.39 is 0 Å². The van der Waals surface area contributed by atoms with Crippen LogP contribution in [0.1, 0.15) is 45.2 Å². The van der Waals surface area contributed by atoms with Crippen LogP contribution in [0.15, 0.2) is 28.8 Å². The van der Waals surface area contributed by atoms with Crippen molar-refractivity contribution in [2.24, 2.45) is 0 Å². The van der Waals surface area contributed by atoms with Gasteiger partial charge < -0.3 is 24.3 Å². The molecule has 4 rings (SSSR count). The third-order valence-corrected chi connectivity index (χ3v) is 4.67. The highest BCUT2D eigenvalue weighted by molar-refractivity contribution is 5.94. The number of hydrogen-bond acceptors (Lipinski definition) is 7. The molecule has 28 heavy (non-hydrogen) atoms. The van der Waals surface area contributed by atoms with Crippen molar-refractivity contribution in [1.29, 1.82) is 0 Å². The molecule has 2 N–H and O–H groups in total. The van der Waals surface area contributed by atoms with Gasteiger partial charge in [-0.05, 0) is 24.1 Å². The Morgan fingerprint density at radius 3 is 3.00 bits per heavy atom. The normalized spacial score (nSPS) is 16.4.